The molecule has 0 radical (unpaired) electrons. The van der Waals surface area contributed by atoms with Crippen LogP contribution < -0.4 is 10.6 Å². The van der Waals surface area contributed by atoms with Gasteiger partial charge in [0.05, 0.1) is 11.1 Å². The molecule has 0 heterocycles. The topological polar surface area (TPSA) is 95.5 Å². The zero-order valence-corrected chi connectivity index (χ0v) is 25.2. The molecule has 4 rings (SSSR count). The largest absolute Gasteiger partial charge is 0.478 e. The van der Waals surface area contributed by atoms with Crippen molar-refractivity contribution in [2.24, 2.45) is 0 Å². The van der Waals surface area contributed by atoms with Crippen LogP contribution in [0.3, 0.4) is 0 Å². The normalized spacial score (nSPS) is 12.0. The first-order valence-electron chi connectivity index (χ1n) is 13.9. The number of carbonyl (C=O) groups excluding carboxylic acids is 2. The van der Waals surface area contributed by atoms with E-state index < -0.39 is 24.0 Å². The molecular formula is C35H33F3N2O4. The van der Waals surface area contributed by atoms with Gasteiger partial charge in [0.1, 0.15) is 5.92 Å². The summed E-state index contributed by atoms with van der Waals surface area (Å²) in [6.45, 7) is 8.46. The molecule has 0 bridgehead atoms. The Hall–Kier alpha value is -4.92. The first kappa shape index (κ1) is 32.0. The van der Waals surface area contributed by atoms with Crippen molar-refractivity contribution in [2.75, 3.05) is 12.4 Å². The fourth-order valence-corrected chi connectivity index (χ4v) is 5.37. The van der Waals surface area contributed by atoms with Gasteiger partial charge in [-0.3, -0.25) is 9.59 Å². The Bertz CT molecular complexity index is 1790. The van der Waals surface area contributed by atoms with Crippen molar-refractivity contribution in [3.05, 3.63) is 122 Å². The lowest BCUT2D eigenvalue weighted by Gasteiger charge is -2.26. The van der Waals surface area contributed by atoms with Crippen LogP contribution in [0.25, 0.3) is 11.1 Å². The van der Waals surface area contributed by atoms with Crippen LogP contribution in [-0.2, 0) is 0 Å². The van der Waals surface area contributed by atoms with Gasteiger partial charge in [-0.05, 0) is 115 Å². The Morgan fingerprint density at radius 2 is 1.27 bits per heavy atom. The quantitative estimate of drug-likeness (QED) is 0.200. The molecule has 228 valence electrons. The van der Waals surface area contributed by atoms with E-state index >= 15 is 0 Å². The summed E-state index contributed by atoms with van der Waals surface area (Å²) in [6, 6.07) is 17.2. The summed E-state index contributed by atoms with van der Waals surface area (Å²) in [5.74, 6) is -4.23. The predicted molar refractivity (Wildman–Crippen MR) is 165 cm³/mol. The number of carbonyl (C=O) groups is 3. The summed E-state index contributed by atoms with van der Waals surface area (Å²) in [5.41, 5.74) is 4.51. The number of rotatable bonds is 7. The van der Waals surface area contributed by atoms with Crippen LogP contribution in [0.5, 0.6) is 0 Å². The molecular weight excluding hydrogens is 569 g/mol. The van der Waals surface area contributed by atoms with E-state index in [0.29, 0.717) is 33.4 Å². The third kappa shape index (κ3) is 6.51. The molecule has 0 fully saturated rings. The Balaban J connectivity index is 1.74. The Labute approximate surface area is 253 Å². The van der Waals surface area contributed by atoms with Crippen LogP contribution in [0.1, 0.15) is 75.9 Å². The number of alkyl halides is 3. The lowest BCUT2D eigenvalue weighted by atomic mass is 9.83. The molecule has 0 aromatic heterocycles. The van der Waals surface area contributed by atoms with Crippen LogP contribution in [0, 0.1) is 34.6 Å². The Morgan fingerprint density at radius 3 is 1.89 bits per heavy atom. The van der Waals surface area contributed by atoms with E-state index in [-0.39, 0.29) is 33.8 Å². The van der Waals surface area contributed by atoms with Crippen molar-refractivity contribution < 1.29 is 32.7 Å². The maximum absolute atomic E-state index is 14.6. The maximum atomic E-state index is 14.6. The fourth-order valence-electron chi connectivity index (χ4n) is 5.37. The van der Waals surface area contributed by atoms with E-state index in [0.717, 1.165) is 11.1 Å². The minimum absolute atomic E-state index is 0.0728. The second-order valence-corrected chi connectivity index (χ2v) is 11.0. The molecule has 0 saturated carbocycles. The summed E-state index contributed by atoms with van der Waals surface area (Å²) in [7, 11) is 1.50. The molecule has 4 aromatic carbocycles. The number of halogens is 3. The first-order chi connectivity index (χ1) is 20.6. The molecule has 0 aliphatic rings. The molecule has 0 aliphatic heterocycles. The zero-order valence-electron chi connectivity index (χ0n) is 25.2. The SMILES string of the molecule is CNC(=O)c1cccc(-c2ccc(C(=O)O)c(C(=O)Nc3cc(C)c(C(c4cc(C)c(C)cc4C)C(F)(F)F)cc3C)c2)c1. The number of carboxylic acids is 1. The van der Waals surface area contributed by atoms with Gasteiger partial charge in [0.2, 0.25) is 0 Å². The highest BCUT2D eigenvalue weighted by Gasteiger charge is 2.43. The smallest absolute Gasteiger partial charge is 0.399 e. The average Bonchev–Trinajstić information content (AvgIpc) is 2.96. The molecule has 9 heteroatoms. The zero-order chi connectivity index (χ0) is 32.5. The summed E-state index contributed by atoms with van der Waals surface area (Å²) in [4.78, 5) is 37.6. The average molecular weight is 603 g/mol. The van der Waals surface area contributed by atoms with E-state index in [4.69, 9.17) is 0 Å². The van der Waals surface area contributed by atoms with Crippen molar-refractivity contribution in [3.63, 3.8) is 0 Å². The summed E-state index contributed by atoms with van der Waals surface area (Å²) in [5, 5.41) is 15.0. The third-order valence-corrected chi connectivity index (χ3v) is 7.87. The van der Waals surface area contributed by atoms with E-state index in [1.54, 1.807) is 70.2 Å². The van der Waals surface area contributed by atoms with Gasteiger partial charge in [-0.1, -0.05) is 36.4 Å². The number of hydrogen-bond donors (Lipinski definition) is 3. The van der Waals surface area contributed by atoms with Crippen LogP contribution in [-0.4, -0.2) is 36.1 Å². The van der Waals surface area contributed by atoms with Gasteiger partial charge in [-0.25, -0.2) is 4.79 Å². The van der Waals surface area contributed by atoms with Crippen LogP contribution >= 0.6 is 0 Å². The number of aryl methyl sites for hydroxylation is 5. The predicted octanol–water partition coefficient (Wildman–Crippen LogP) is 7.90. The number of anilines is 1. The van der Waals surface area contributed by atoms with Crippen molar-refractivity contribution in [1.29, 1.82) is 0 Å². The van der Waals surface area contributed by atoms with Gasteiger partial charge in [0.25, 0.3) is 11.8 Å². The van der Waals surface area contributed by atoms with E-state index in [1.165, 1.54) is 31.3 Å². The molecule has 4 aromatic rings. The van der Waals surface area contributed by atoms with Crippen molar-refractivity contribution in [1.82, 2.24) is 5.32 Å². The number of hydrogen-bond acceptors (Lipinski definition) is 3. The number of amides is 2. The molecule has 3 N–H and O–H groups in total. The highest BCUT2D eigenvalue weighted by Crippen LogP contribution is 2.44. The standard InChI is InChI=1S/C35H33F3N2O4/c1-18-12-20(3)27(13-19(18)2)31(35(36,37)38)28-14-22(5)30(15-21(28)4)40-33(42)29-17-24(10-11-26(29)34(43)44)23-8-7-9-25(16-23)32(41)39-6/h7-17,31H,1-6H3,(H,39,41)(H,40,42)(H,43,44). The van der Waals surface area contributed by atoms with E-state index in [1.807, 2.05) is 6.92 Å². The lowest BCUT2D eigenvalue weighted by Crippen LogP contribution is -2.24. The minimum Gasteiger partial charge on any atom is -0.478 e. The van der Waals surface area contributed by atoms with Crippen LogP contribution in [0.4, 0.5) is 18.9 Å². The van der Waals surface area contributed by atoms with Gasteiger partial charge in [-0.15, -0.1) is 0 Å². The third-order valence-electron chi connectivity index (χ3n) is 7.87. The summed E-state index contributed by atoms with van der Waals surface area (Å²) in [6.07, 6.45) is -4.57. The van der Waals surface area contributed by atoms with Gasteiger partial charge < -0.3 is 15.7 Å². The van der Waals surface area contributed by atoms with Crippen molar-refractivity contribution in [2.45, 2.75) is 46.7 Å². The van der Waals surface area contributed by atoms with Crippen molar-refractivity contribution >= 4 is 23.5 Å². The molecule has 6 nitrogen and oxygen atoms in total. The van der Waals surface area contributed by atoms with E-state index in [2.05, 4.69) is 10.6 Å². The van der Waals surface area contributed by atoms with E-state index in [9.17, 15) is 32.7 Å². The second kappa shape index (κ2) is 12.4. The highest BCUT2D eigenvalue weighted by molar-refractivity contribution is 6.11. The maximum Gasteiger partial charge on any atom is 0.399 e. The second-order valence-electron chi connectivity index (χ2n) is 11.0. The number of aromatic carboxylic acids is 1. The number of carboxylic acid groups (broad SMARTS) is 1. The first-order valence-corrected chi connectivity index (χ1v) is 13.9. The molecule has 1 atom stereocenters. The Morgan fingerprint density at radius 1 is 0.682 bits per heavy atom. The fraction of sp³-hybridized carbons (Fsp3) is 0.229. The molecule has 44 heavy (non-hydrogen) atoms. The van der Waals surface area contributed by atoms with Gasteiger partial charge in [-0.2, -0.15) is 13.2 Å². The monoisotopic (exact) mass is 602 g/mol. The molecule has 0 spiro atoms. The number of benzene rings is 4. The van der Waals surface area contributed by atoms with Gasteiger partial charge in [0, 0.05) is 18.3 Å². The molecule has 0 saturated heterocycles. The van der Waals surface area contributed by atoms with Crippen LogP contribution in [0.15, 0.2) is 66.7 Å². The van der Waals surface area contributed by atoms with Crippen molar-refractivity contribution in [3.8, 4) is 11.1 Å². The molecule has 2 amide bonds. The number of nitrogens with one attached hydrogen (secondary N) is 2. The van der Waals surface area contributed by atoms with Gasteiger partial charge >= 0.3 is 12.1 Å². The molecule has 0 aliphatic carbocycles. The summed E-state index contributed by atoms with van der Waals surface area (Å²) < 4.78 is 43.8. The lowest BCUT2D eigenvalue weighted by molar-refractivity contribution is -0.141. The molecule has 1 unspecified atom stereocenters. The van der Waals surface area contributed by atoms with Crippen LogP contribution in [0.2, 0.25) is 0 Å². The minimum atomic E-state index is -4.57. The van der Waals surface area contributed by atoms with Gasteiger partial charge in [0.15, 0.2) is 0 Å². The Kier molecular flexibility index (Phi) is 8.99. The highest BCUT2D eigenvalue weighted by atomic mass is 19.4. The summed E-state index contributed by atoms with van der Waals surface area (Å²) >= 11 is 0.